The van der Waals surface area contributed by atoms with Crippen LogP contribution in [-0.4, -0.2) is 17.6 Å². The van der Waals surface area contributed by atoms with Gasteiger partial charge in [-0.3, -0.25) is 0 Å². The first-order chi connectivity index (χ1) is 8.58. The third-order valence-electron chi connectivity index (χ3n) is 3.99. The Morgan fingerprint density at radius 1 is 1.56 bits per heavy atom. The van der Waals surface area contributed by atoms with Crippen molar-refractivity contribution in [2.24, 2.45) is 11.8 Å². The average Bonchev–Trinajstić information content (AvgIpc) is 2.87. The molecule has 0 saturated heterocycles. The van der Waals surface area contributed by atoms with Crippen LogP contribution >= 0.6 is 0 Å². The van der Waals surface area contributed by atoms with Gasteiger partial charge in [0.2, 0.25) is 5.76 Å². The van der Waals surface area contributed by atoms with Crippen molar-refractivity contribution in [1.29, 1.82) is 0 Å². The second kappa shape index (κ2) is 5.57. The Labute approximate surface area is 107 Å². The van der Waals surface area contributed by atoms with E-state index in [1.165, 1.54) is 19.3 Å². The molecule has 0 radical (unpaired) electrons. The molecule has 1 aromatic heterocycles. The molecule has 0 bridgehead atoms. The van der Waals surface area contributed by atoms with E-state index in [-0.39, 0.29) is 5.76 Å². The molecule has 0 aliphatic heterocycles. The van der Waals surface area contributed by atoms with Crippen LogP contribution in [0, 0.1) is 18.8 Å². The summed E-state index contributed by atoms with van der Waals surface area (Å²) in [5, 5.41) is 12.3. The number of rotatable bonds is 5. The maximum atomic E-state index is 10.8. The summed E-state index contributed by atoms with van der Waals surface area (Å²) in [5.74, 6) is 1.28. The highest BCUT2D eigenvalue weighted by Crippen LogP contribution is 2.30. The molecule has 0 aromatic carbocycles. The summed E-state index contributed by atoms with van der Waals surface area (Å²) in [7, 11) is 0. The second-order valence-corrected chi connectivity index (χ2v) is 5.30. The average molecular weight is 251 g/mol. The number of furan rings is 1. The number of carboxylic acids is 1. The Balaban J connectivity index is 1.84. The molecule has 0 amide bonds. The first kappa shape index (κ1) is 13.1. The SMILES string of the molecule is Cc1oc(C(=O)O)cc1CNCC1CCCC1C. The van der Waals surface area contributed by atoms with Gasteiger partial charge in [0, 0.05) is 12.1 Å². The van der Waals surface area contributed by atoms with Gasteiger partial charge in [-0.05, 0) is 37.8 Å². The largest absolute Gasteiger partial charge is 0.475 e. The lowest BCUT2D eigenvalue weighted by Gasteiger charge is -2.15. The Kier molecular flexibility index (Phi) is 4.07. The second-order valence-electron chi connectivity index (χ2n) is 5.30. The van der Waals surface area contributed by atoms with Crippen molar-refractivity contribution in [3.63, 3.8) is 0 Å². The molecule has 0 spiro atoms. The van der Waals surface area contributed by atoms with Gasteiger partial charge in [0.1, 0.15) is 5.76 Å². The van der Waals surface area contributed by atoms with E-state index in [0.717, 1.165) is 23.9 Å². The number of hydrogen-bond acceptors (Lipinski definition) is 3. The van der Waals surface area contributed by atoms with Gasteiger partial charge in [0.25, 0.3) is 0 Å². The summed E-state index contributed by atoms with van der Waals surface area (Å²) >= 11 is 0. The van der Waals surface area contributed by atoms with E-state index >= 15 is 0 Å². The van der Waals surface area contributed by atoms with E-state index in [1.807, 2.05) is 6.92 Å². The van der Waals surface area contributed by atoms with E-state index in [4.69, 9.17) is 9.52 Å². The molecule has 1 heterocycles. The third-order valence-corrected chi connectivity index (χ3v) is 3.99. The first-order valence-corrected chi connectivity index (χ1v) is 6.61. The summed E-state index contributed by atoms with van der Waals surface area (Å²) in [6.07, 6.45) is 3.97. The predicted molar refractivity (Wildman–Crippen MR) is 68.6 cm³/mol. The van der Waals surface area contributed by atoms with Crippen molar-refractivity contribution in [2.45, 2.75) is 39.7 Å². The number of hydrogen-bond donors (Lipinski definition) is 2. The monoisotopic (exact) mass is 251 g/mol. The molecule has 1 aromatic rings. The minimum atomic E-state index is -1.01. The molecule has 2 N–H and O–H groups in total. The summed E-state index contributed by atoms with van der Waals surface area (Å²) in [6.45, 7) is 5.81. The Morgan fingerprint density at radius 3 is 2.89 bits per heavy atom. The molecule has 2 rings (SSSR count). The molecule has 1 fully saturated rings. The molecule has 2 atom stereocenters. The quantitative estimate of drug-likeness (QED) is 0.844. The number of nitrogens with one attached hydrogen (secondary N) is 1. The van der Waals surface area contributed by atoms with Crippen molar-refractivity contribution >= 4 is 5.97 Å². The van der Waals surface area contributed by atoms with Crippen molar-refractivity contribution < 1.29 is 14.3 Å². The summed E-state index contributed by atoms with van der Waals surface area (Å²) in [5.41, 5.74) is 0.943. The zero-order valence-electron chi connectivity index (χ0n) is 11.0. The minimum absolute atomic E-state index is 0.0264. The molecule has 1 aliphatic carbocycles. The van der Waals surface area contributed by atoms with Gasteiger partial charge < -0.3 is 14.8 Å². The maximum absolute atomic E-state index is 10.8. The number of carbonyl (C=O) groups is 1. The van der Waals surface area contributed by atoms with Crippen molar-refractivity contribution in [3.8, 4) is 0 Å². The van der Waals surface area contributed by atoms with E-state index < -0.39 is 5.97 Å². The molecule has 1 saturated carbocycles. The highest BCUT2D eigenvalue weighted by molar-refractivity contribution is 5.84. The van der Waals surface area contributed by atoms with Gasteiger partial charge in [-0.2, -0.15) is 0 Å². The van der Waals surface area contributed by atoms with Crippen LogP contribution in [0.25, 0.3) is 0 Å². The molecular formula is C14H21NO3. The van der Waals surface area contributed by atoms with Crippen molar-refractivity contribution in [2.75, 3.05) is 6.54 Å². The van der Waals surface area contributed by atoms with Crippen LogP contribution in [0.3, 0.4) is 0 Å². The summed E-state index contributed by atoms with van der Waals surface area (Å²) < 4.78 is 5.18. The Morgan fingerprint density at radius 2 is 2.33 bits per heavy atom. The molecule has 100 valence electrons. The molecule has 2 unspecified atom stereocenters. The lowest BCUT2D eigenvalue weighted by atomic mass is 9.98. The lowest BCUT2D eigenvalue weighted by Crippen LogP contribution is -2.24. The smallest absolute Gasteiger partial charge is 0.371 e. The van der Waals surface area contributed by atoms with Crippen LogP contribution in [0.1, 0.15) is 48.1 Å². The number of aryl methyl sites for hydroxylation is 1. The van der Waals surface area contributed by atoms with Crippen LogP contribution < -0.4 is 5.32 Å². The highest BCUT2D eigenvalue weighted by atomic mass is 16.4. The Hall–Kier alpha value is -1.29. The van der Waals surface area contributed by atoms with E-state index in [0.29, 0.717) is 12.3 Å². The van der Waals surface area contributed by atoms with Crippen LogP contribution in [-0.2, 0) is 6.54 Å². The fourth-order valence-electron chi connectivity index (χ4n) is 2.72. The van der Waals surface area contributed by atoms with Crippen molar-refractivity contribution in [1.82, 2.24) is 5.32 Å². The zero-order valence-corrected chi connectivity index (χ0v) is 11.0. The van der Waals surface area contributed by atoms with Crippen LogP contribution in [0.2, 0.25) is 0 Å². The van der Waals surface area contributed by atoms with Crippen LogP contribution in [0.4, 0.5) is 0 Å². The number of carboxylic acid groups (broad SMARTS) is 1. The molecule has 18 heavy (non-hydrogen) atoms. The molecular weight excluding hydrogens is 230 g/mol. The van der Waals surface area contributed by atoms with E-state index in [2.05, 4.69) is 12.2 Å². The minimum Gasteiger partial charge on any atom is -0.475 e. The molecule has 4 heteroatoms. The fourth-order valence-corrected chi connectivity index (χ4v) is 2.72. The summed E-state index contributed by atoms with van der Waals surface area (Å²) in [4.78, 5) is 10.8. The van der Waals surface area contributed by atoms with Gasteiger partial charge >= 0.3 is 5.97 Å². The predicted octanol–water partition coefficient (Wildman–Crippen LogP) is 2.81. The van der Waals surface area contributed by atoms with Gasteiger partial charge in [0.15, 0.2) is 0 Å². The third kappa shape index (κ3) is 2.93. The van der Waals surface area contributed by atoms with Gasteiger partial charge in [0.05, 0.1) is 0 Å². The fraction of sp³-hybridized carbons (Fsp3) is 0.643. The molecule has 1 aliphatic rings. The number of aromatic carboxylic acids is 1. The standard InChI is InChI=1S/C14H21NO3/c1-9-4-3-5-11(9)7-15-8-12-6-13(14(16)17)18-10(12)2/h6,9,11,15H,3-5,7-8H2,1-2H3,(H,16,17). The van der Waals surface area contributed by atoms with Crippen molar-refractivity contribution in [3.05, 3.63) is 23.2 Å². The topological polar surface area (TPSA) is 62.5 Å². The zero-order chi connectivity index (χ0) is 13.1. The van der Waals surface area contributed by atoms with Crippen LogP contribution in [0.5, 0.6) is 0 Å². The summed E-state index contributed by atoms with van der Waals surface area (Å²) in [6, 6.07) is 1.61. The van der Waals surface area contributed by atoms with Gasteiger partial charge in [-0.25, -0.2) is 4.79 Å². The Bertz CT molecular complexity index is 425. The highest BCUT2D eigenvalue weighted by Gasteiger charge is 2.22. The van der Waals surface area contributed by atoms with E-state index in [9.17, 15) is 4.79 Å². The normalized spacial score (nSPS) is 23.4. The first-order valence-electron chi connectivity index (χ1n) is 6.61. The van der Waals surface area contributed by atoms with Gasteiger partial charge in [-0.1, -0.05) is 19.8 Å². The lowest BCUT2D eigenvalue weighted by molar-refractivity contribution is 0.0661. The maximum Gasteiger partial charge on any atom is 0.371 e. The van der Waals surface area contributed by atoms with Gasteiger partial charge in [-0.15, -0.1) is 0 Å². The van der Waals surface area contributed by atoms with Crippen LogP contribution in [0.15, 0.2) is 10.5 Å². The van der Waals surface area contributed by atoms with E-state index in [1.54, 1.807) is 6.07 Å². The molecule has 4 nitrogen and oxygen atoms in total.